The fraction of sp³-hybridized carbons (Fsp3) is 0.244. The number of carbonyl (C=O) groups is 4. The molecule has 0 spiro atoms. The maximum absolute atomic E-state index is 13.8. The Morgan fingerprint density at radius 2 is 1.08 bits per heavy atom. The first-order valence-corrected chi connectivity index (χ1v) is 19.3. The van der Waals surface area contributed by atoms with Gasteiger partial charge in [0.05, 0.1) is 6.61 Å². The summed E-state index contributed by atoms with van der Waals surface area (Å²) < 4.78 is 30.3. The van der Waals surface area contributed by atoms with Crippen molar-refractivity contribution >= 4 is 62.3 Å². The molecule has 4 atom stereocenters. The van der Waals surface area contributed by atoms with E-state index in [0.717, 1.165) is 49.4 Å². The number of nitrogens with one attached hydrogen (secondary N) is 3. The highest BCUT2D eigenvalue weighted by Gasteiger charge is 2.49. The maximum Gasteiger partial charge on any atom is 0.339 e. The van der Waals surface area contributed by atoms with E-state index in [-0.39, 0.29) is 42.9 Å². The number of para-hydroxylation sites is 3. The second-order valence-corrected chi connectivity index (χ2v) is 14.4. The Labute approximate surface area is 337 Å². The highest BCUT2D eigenvalue weighted by Crippen LogP contribution is 2.31. The Bertz CT molecular complexity index is 2640. The number of H-pyrrole nitrogens is 3. The molecule has 1 aliphatic heterocycles. The quantitative estimate of drug-likeness (QED) is 0.0415. The van der Waals surface area contributed by atoms with Gasteiger partial charge in [-0.2, -0.15) is 0 Å². The number of hydrogen-bond donors (Lipinski definition) is 5. The first-order chi connectivity index (χ1) is 28.7. The molecule has 7 aromatic rings. The summed E-state index contributed by atoms with van der Waals surface area (Å²) in [5.74, 6) is -3.38. The van der Waals surface area contributed by atoms with Crippen LogP contribution in [0.5, 0.6) is 5.75 Å². The standard InChI is InChI=1S/C45H42N4O10/c46-29-16-17-37(33(21-29)44(53)54)57-45-43(59-41(52)20-15-28-24-49-36-12-6-3-9-32(28)36)42(58-40(51)19-14-27-23-48-35-11-5-2-8-31(27)35)38(25-55-45)56-39(50)18-13-26-22-47-34-10-4-1-7-30(26)34/h1-12,16-17,21-24,38,42-43,45,47-49H,13-15,18-20,25,46H2,(H,53,54)/t38-,42+,43-,45+/m1/s1. The minimum Gasteiger partial charge on any atom is -0.478 e. The van der Waals surface area contributed by atoms with E-state index in [2.05, 4.69) is 15.0 Å². The Morgan fingerprint density at radius 3 is 1.58 bits per heavy atom. The van der Waals surface area contributed by atoms with Crippen LogP contribution < -0.4 is 10.5 Å². The van der Waals surface area contributed by atoms with Crippen molar-refractivity contribution in [1.29, 1.82) is 0 Å². The number of carboxylic acid groups (broad SMARTS) is 1. The molecule has 59 heavy (non-hydrogen) atoms. The van der Waals surface area contributed by atoms with Gasteiger partial charge in [0.15, 0.2) is 12.2 Å². The van der Waals surface area contributed by atoms with E-state index in [4.69, 9.17) is 29.4 Å². The molecule has 0 amide bonds. The molecule has 1 fully saturated rings. The van der Waals surface area contributed by atoms with Gasteiger partial charge < -0.3 is 49.5 Å². The molecule has 0 bridgehead atoms. The third-order valence-corrected chi connectivity index (χ3v) is 10.5. The van der Waals surface area contributed by atoms with Crippen molar-refractivity contribution in [2.75, 3.05) is 12.3 Å². The van der Waals surface area contributed by atoms with Crippen LogP contribution in [-0.4, -0.2) is 75.1 Å². The fourth-order valence-corrected chi connectivity index (χ4v) is 7.53. The average molecular weight is 799 g/mol. The van der Waals surface area contributed by atoms with E-state index >= 15 is 0 Å². The van der Waals surface area contributed by atoms with Crippen LogP contribution in [0, 0.1) is 0 Å². The molecule has 0 aliphatic carbocycles. The van der Waals surface area contributed by atoms with Gasteiger partial charge >= 0.3 is 23.9 Å². The number of aromatic nitrogens is 3. The number of benzene rings is 4. The zero-order chi connectivity index (χ0) is 40.9. The van der Waals surface area contributed by atoms with Gasteiger partial charge in [-0.1, -0.05) is 54.6 Å². The van der Waals surface area contributed by atoms with Crippen LogP contribution in [-0.2, 0) is 52.6 Å². The van der Waals surface area contributed by atoms with Gasteiger partial charge in [0.25, 0.3) is 0 Å². The van der Waals surface area contributed by atoms with Crippen molar-refractivity contribution in [2.45, 2.75) is 63.1 Å². The summed E-state index contributed by atoms with van der Waals surface area (Å²) in [6, 6.07) is 27.2. The van der Waals surface area contributed by atoms with E-state index in [1.807, 2.05) is 91.4 Å². The van der Waals surface area contributed by atoms with Crippen molar-refractivity contribution in [2.24, 2.45) is 0 Å². The number of aromatic amines is 3. The third-order valence-electron chi connectivity index (χ3n) is 10.5. The molecule has 0 unspecified atom stereocenters. The number of esters is 3. The van der Waals surface area contributed by atoms with E-state index in [9.17, 15) is 24.3 Å². The van der Waals surface area contributed by atoms with Crippen LogP contribution in [0.25, 0.3) is 32.7 Å². The number of ether oxygens (including phenoxy) is 5. The van der Waals surface area contributed by atoms with Gasteiger partial charge in [0.2, 0.25) is 12.4 Å². The number of carboxylic acids is 1. The largest absolute Gasteiger partial charge is 0.478 e. The molecule has 14 heteroatoms. The van der Waals surface area contributed by atoms with Crippen molar-refractivity contribution in [3.63, 3.8) is 0 Å². The lowest BCUT2D eigenvalue weighted by molar-refractivity contribution is -0.261. The number of nitrogen functional groups attached to an aromatic ring is 1. The zero-order valence-electron chi connectivity index (χ0n) is 31.9. The maximum atomic E-state index is 13.8. The lowest BCUT2D eigenvalue weighted by atomic mass is 10.0. The van der Waals surface area contributed by atoms with Crippen LogP contribution >= 0.6 is 0 Å². The number of anilines is 1. The number of hydrogen-bond acceptors (Lipinski definition) is 10. The fourth-order valence-electron chi connectivity index (χ4n) is 7.53. The molecule has 1 saturated heterocycles. The second kappa shape index (κ2) is 17.2. The Hall–Kier alpha value is -7.06. The molecule has 4 aromatic carbocycles. The lowest BCUT2D eigenvalue weighted by Gasteiger charge is -2.40. The molecule has 6 N–H and O–H groups in total. The van der Waals surface area contributed by atoms with Crippen LogP contribution in [0.3, 0.4) is 0 Å². The topological polar surface area (TPSA) is 208 Å². The Morgan fingerprint density at radius 1 is 0.627 bits per heavy atom. The number of fused-ring (bicyclic) bond motifs is 3. The predicted molar refractivity (Wildman–Crippen MR) is 218 cm³/mol. The first-order valence-electron chi connectivity index (χ1n) is 19.3. The van der Waals surface area contributed by atoms with Crippen molar-refractivity contribution in [3.8, 4) is 5.75 Å². The lowest BCUT2D eigenvalue weighted by Crippen LogP contribution is -2.59. The second-order valence-electron chi connectivity index (χ2n) is 14.4. The third kappa shape index (κ3) is 8.77. The molecule has 302 valence electrons. The van der Waals surface area contributed by atoms with Crippen LogP contribution in [0.1, 0.15) is 46.3 Å². The van der Waals surface area contributed by atoms with Crippen molar-refractivity contribution in [3.05, 3.63) is 132 Å². The Balaban J connectivity index is 1.06. The summed E-state index contributed by atoms with van der Waals surface area (Å²) >= 11 is 0. The normalized spacial score (nSPS) is 17.8. The number of aryl methyl sites for hydroxylation is 3. The number of aromatic carboxylic acids is 1. The van der Waals surface area contributed by atoms with E-state index in [0.29, 0.717) is 19.3 Å². The molecule has 0 radical (unpaired) electrons. The molecule has 8 rings (SSSR count). The van der Waals surface area contributed by atoms with Crippen LogP contribution in [0.15, 0.2) is 110 Å². The van der Waals surface area contributed by atoms with Gasteiger partial charge in [-0.3, -0.25) is 14.4 Å². The monoisotopic (exact) mass is 798 g/mol. The van der Waals surface area contributed by atoms with Crippen molar-refractivity contribution in [1.82, 2.24) is 15.0 Å². The number of carbonyl (C=O) groups excluding carboxylic acids is 3. The molecular weight excluding hydrogens is 757 g/mol. The van der Waals surface area contributed by atoms with E-state index < -0.39 is 48.5 Å². The summed E-state index contributed by atoms with van der Waals surface area (Å²) in [6.45, 7) is -0.329. The Kier molecular flexibility index (Phi) is 11.3. The highest BCUT2D eigenvalue weighted by atomic mass is 16.7. The summed E-state index contributed by atoms with van der Waals surface area (Å²) in [6.07, 6.45) is 0.733. The summed E-state index contributed by atoms with van der Waals surface area (Å²) in [5.41, 5.74) is 11.3. The van der Waals surface area contributed by atoms with Gasteiger partial charge in [-0.05, 0) is 72.4 Å². The average Bonchev–Trinajstić information content (AvgIpc) is 3.98. The zero-order valence-corrected chi connectivity index (χ0v) is 31.9. The number of rotatable bonds is 15. The van der Waals surface area contributed by atoms with Crippen LogP contribution in [0.4, 0.5) is 5.69 Å². The SMILES string of the molecule is Nc1ccc(O[C@@H]2OC[C@@H](OC(=O)CCc3c[nH]c4ccccc34)[C@H](OC(=O)CCc3c[nH]c4ccccc34)[C@H]2OC(=O)CCc2c[nH]c3ccccc23)c(C(=O)O)c1. The molecule has 4 heterocycles. The minimum absolute atomic E-state index is 0.0119. The van der Waals surface area contributed by atoms with E-state index in [1.54, 1.807) is 0 Å². The smallest absolute Gasteiger partial charge is 0.339 e. The molecule has 3 aromatic heterocycles. The van der Waals surface area contributed by atoms with Crippen LogP contribution in [0.2, 0.25) is 0 Å². The summed E-state index contributed by atoms with van der Waals surface area (Å²) in [4.78, 5) is 62.9. The number of nitrogens with two attached hydrogens (primary N) is 1. The van der Waals surface area contributed by atoms with Gasteiger partial charge in [-0.25, -0.2) is 4.79 Å². The van der Waals surface area contributed by atoms with Gasteiger partial charge in [0, 0.05) is 76.2 Å². The molecule has 1 aliphatic rings. The van der Waals surface area contributed by atoms with Gasteiger partial charge in [0.1, 0.15) is 11.3 Å². The minimum atomic E-state index is -1.50. The highest BCUT2D eigenvalue weighted by molar-refractivity contribution is 5.92. The van der Waals surface area contributed by atoms with E-state index in [1.165, 1.54) is 18.2 Å². The molecule has 14 nitrogen and oxygen atoms in total. The van der Waals surface area contributed by atoms with Crippen molar-refractivity contribution < 1.29 is 48.0 Å². The van der Waals surface area contributed by atoms with Gasteiger partial charge in [-0.15, -0.1) is 0 Å². The summed E-state index contributed by atoms with van der Waals surface area (Å²) in [7, 11) is 0. The predicted octanol–water partition coefficient (Wildman–Crippen LogP) is 6.78. The molecule has 0 saturated carbocycles. The molecular formula is C45H42N4O10. The first kappa shape index (κ1) is 38.8. The summed E-state index contributed by atoms with van der Waals surface area (Å²) in [5, 5.41) is 12.9.